The number of carboxylic acid groups (broad SMARTS) is 1. The highest BCUT2D eigenvalue weighted by molar-refractivity contribution is 7.89. The third-order valence-electron chi connectivity index (χ3n) is 5.63. The summed E-state index contributed by atoms with van der Waals surface area (Å²) in [4.78, 5) is 25.4. The molecule has 2 aromatic rings. The molecule has 30 heavy (non-hydrogen) atoms. The highest BCUT2D eigenvalue weighted by Crippen LogP contribution is 2.35. The van der Waals surface area contributed by atoms with Gasteiger partial charge in [0.1, 0.15) is 6.61 Å². The summed E-state index contributed by atoms with van der Waals surface area (Å²) >= 11 is 0. The Morgan fingerprint density at radius 1 is 1.10 bits per heavy atom. The fourth-order valence-corrected chi connectivity index (χ4v) is 5.81. The molecular formula is C21H22N2O6S. The van der Waals surface area contributed by atoms with E-state index in [1.165, 1.54) is 28.6 Å². The predicted octanol–water partition coefficient (Wildman–Crippen LogP) is 3.00. The number of piperidine rings is 1. The van der Waals surface area contributed by atoms with Gasteiger partial charge >= 0.3 is 12.1 Å². The molecule has 0 aliphatic carbocycles. The zero-order valence-electron chi connectivity index (χ0n) is 16.4. The SMILES string of the molecule is Cc1cccc2c1N(C1CCN(S(=O)(=O)c3ccccc3C(=O)O)CC1)C(=O)OC2. The van der Waals surface area contributed by atoms with Crippen molar-refractivity contribution in [1.82, 2.24) is 4.31 Å². The molecule has 0 radical (unpaired) electrons. The van der Waals surface area contributed by atoms with Crippen LogP contribution in [-0.4, -0.2) is 49.0 Å². The van der Waals surface area contributed by atoms with E-state index in [0.29, 0.717) is 12.8 Å². The molecule has 9 heteroatoms. The summed E-state index contributed by atoms with van der Waals surface area (Å²) in [5, 5.41) is 9.35. The van der Waals surface area contributed by atoms with Crippen molar-refractivity contribution in [3.05, 3.63) is 59.2 Å². The Morgan fingerprint density at radius 2 is 1.80 bits per heavy atom. The number of anilines is 1. The van der Waals surface area contributed by atoms with Crippen molar-refractivity contribution in [2.75, 3.05) is 18.0 Å². The lowest BCUT2D eigenvalue weighted by molar-refractivity contribution is 0.0692. The summed E-state index contributed by atoms with van der Waals surface area (Å²) in [6.07, 6.45) is 0.434. The minimum absolute atomic E-state index is 0.186. The number of cyclic esters (lactones) is 1. The van der Waals surface area contributed by atoms with E-state index >= 15 is 0 Å². The number of hydrogen-bond acceptors (Lipinski definition) is 5. The van der Waals surface area contributed by atoms with Gasteiger partial charge in [0, 0.05) is 24.7 Å². The van der Waals surface area contributed by atoms with Crippen molar-refractivity contribution in [2.45, 2.75) is 37.3 Å². The summed E-state index contributed by atoms with van der Waals surface area (Å²) in [6, 6.07) is 11.2. The van der Waals surface area contributed by atoms with Crippen LogP contribution in [0.25, 0.3) is 0 Å². The number of para-hydroxylation sites is 1. The fraction of sp³-hybridized carbons (Fsp3) is 0.333. The molecule has 8 nitrogen and oxygen atoms in total. The van der Waals surface area contributed by atoms with Gasteiger partial charge in [-0.2, -0.15) is 4.31 Å². The molecule has 1 amide bonds. The molecule has 0 spiro atoms. The van der Waals surface area contributed by atoms with Crippen LogP contribution in [0.4, 0.5) is 10.5 Å². The monoisotopic (exact) mass is 430 g/mol. The van der Waals surface area contributed by atoms with Crippen molar-refractivity contribution in [1.29, 1.82) is 0 Å². The van der Waals surface area contributed by atoms with Crippen LogP contribution in [-0.2, 0) is 21.4 Å². The van der Waals surface area contributed by atoms with E-state index in [0.717, 1.165) is 16.8 Å². The fourth-order valence-electron chi connectivity index (χ4n) is 4.16. The topological polar surface area (TPSA) is 104 Å². The van der Waals surface area contributed by atoms with Gasteiger partial charge in [-0.1, -0.05) is 30.3 Å². The van der Waals surface area contributed by atoms with Gasteiger partial charge in [0.15, 0.2) is 0 Å². The summed E-state index contributed by atoms with van der Waals surface area (Å²) < 4.78 is 32.8. The summed E-state index contributed by atoms with van der Waals surface area (Å²) in [7, 11) is -3.96. The number of carbonyl (C=O) groups is 2. The normalized spacial score (nSPS) is 18.0. The van der Waals surface area contributed by atoms with Gasteiger partial charge < -0.3 is 9.84 Å². The number of fused-ring (bicyclic) bond motifs is 1. The number of ether oxygens (including phenoxy) is 1. The van der Waals surface area contributed by atoms with E-state index in [-0.39, 0.29) is 36.2 Å². The number of amides is 1. The minimum atomic E-state index is -3.96. The van der Waals surface area contributed by atoms with E-state index in [1.807, 2.05) is 25.1 Å². The molecule has 2 aliphatic heterocycles. The largest absolute Gasteiger partial charge is 0.478 e. The second kappa shape index (κ2) is 7.73. The van der Waals surface area contributed by atoms with Crippen molar-refractivity contribution < 1.29 is 27.9 Å². The highest BCUT2D eigenvalue weighted by Gasteiger charge is 2.38. The van der Waals surface area contributed by atoms with Crippen LogP contribution in [0.2, 0.25) is 0 Å². The smallest absolute Gasteiger partial charge is 0.414 e. The van der Waals surface area contributed by atoms with Crippen LogP contribution in [0, 0.1) is 6.92 Å². The van der Waals surface area contributed by atoms with E-state index in [1.54, 1.807) is 4.90 Å². The van der Waals surface area contributed by atoms with Gasteiger partial charge in [0.2, 0.25) is 10.0 Å². The number of benzene rings is 2. The average molecular weight is 430 g/mol. The molecule has 158 valence electrons. The van der Waals surface area contributed by atoms with Crippen LogP contribution in [0.1, 0.15) is 34.3 Å². The average Bonchev–Trinajstić information content (AvgIpc) is 2.74. The lowest BCUT2D eigenvalue weighted by Crippen LogP contribution is -2.50. The van der Waals surface area contributed by atoms with Crippen molar-refractivity contribution >= 4 is 27.8 Å². The second-order valence-electron chi connectivity index (χ2n) is 7.44. The molecule has 2 aromatic carbocycles. The van der Waals surface area contributed by atoms with Crippen LogP contribution in [0.3, 0.4) is 0 Å². The van der Waals surface area contributed by atoms with Gasteiger partial charge in [-0.25, -0.2) is 18.0 Å². The van der Waals surface area contributed by atoms with Crippen LogP contribution in [0.15, 0.2) is 47.4 Å². The number of carbonyl (C=O) groups excluding carboxylic acids is 1. The molecule has 0 atom stereocenters. The molecule has 2 aliphatic rings. The maximum Gasteiger partial charge on any atom is 0.414 e. The zero-order chi connectivity index (χ0) is 21.5. The molecule has 0 bridgehead atoms. The van der Waals surface area contributed by atoms with Crippen LogP contribution < -0.4 is 4.90 Å². The Bertz CT molecular complexity index is 1110. The van der Waals surface area contributed by atoms with E-state index in [4.69, 9.17) is 4.74 Å². The van der Waals surface area contributed by atoms with Gasteiger partial charge in [0.25, 0.3) is 0 Å². The number of carboxylic acids is 1. The maximum atomic E-state index is 13.1. The quantitative estimate of drug-likeness (QED) is 0.800. The lowest BCUT2D eigenvalue weighted by Gasteiger charge is -2.40. The molecule has 1 fully saturated rings. The lowest BCUT2D eigenvalue weighted by atomic mass is 10.00. The molecule has 2 heterocycles. The Kier molecular flexibility index (Phi) is 5.25. The molecule has 4 rings (SSSR count). The Morgan fingerprint density at radius 3 is 2.50 bits per heavy atom. The number of sulfonamides is 1. The molecule has 0 saturated carbocycles. The summed E-state index contributed by atoms with van der Waals surface area (Å²) in [5.41, 5.74) is 2.49. The van der Waals surface area contributed by atoms with Crippen molar-refractivity contribution in [3.63, 3.8) is 0 Å². The first-order chi connectivity index (χ1) is 14.3. The van der Waals surface area contributed by atoms with Crippen LogP contribution >= 0.6 is 0 Å². The van der Waals surface area contributed by atoms with Crippen molar-refractivity contribution in [2.24, 2.45) is 0 Å². The number of aryl methyl sites for hydroxylation is 1. The van der Waals surface area contributed by atoms with Gasteiger partial charge in [-0.3, -0.25) is 4.90 Å². The van der Waals surface area contributed by atoms with Crippen molar-refractivity contribution in [3.8, 4) is 0 Å². The summed E-state index contributed by atoms with van der Waals surface area (Å²) in [5.74, 6) is -1.28. The molecule has 1 saturated heterocycles. The standard InChI is InChI=1S/C21H22N2O6S/c1-14-5-4-6-15-13-29-21(26)23(19(14)15)16-9-11-22(12-10-16)30(27,28)18-8-3-2-7-17(18)20(24)25/h2-8,16H,9-13H2,1H3,(H,24,25). The summed E-state index contributed by atoms with van der Waals surface area (Å²) in [6.45, 7) is 2.54. The zero-order valence-corrected chi connectivity index (χ0v) is 17.3. The Balaban J connectivity index is 1.57. The first-order valence-corrected chi connectivity index (χ1v) is 11.1. The third kappa shape index (κ3) is 3.44. The van der Waals surface area contributed by atoms with E-state index < -0.39 is 22.1 Å². The van der Waals surface area contributed by atoms with Gasteiger partial charge in [-0.05, 0) is 37.5 Å². The second-order valence-corrected chi connectivity index (χ2v) is 9.35. The first-order valence-electron chi connectivity index (χ1n) is 9.67. The Hall–Kier alpha value is -2.91. The molecule has 0 aromatic heterocycles. The predicted molar refractivity (Wildman–Crippen MR) is 109 cm³/mol. The Labute approximate surface area is 174 Å². The van der Waals surface area contributed by atoms with E-state index in [2.05, 4.69) is 0 Å². The number of rotatable bonds is 4. The number of hydrogen-bond donors (Lipinski definition) is 1. The van der Waals surface area contributed by atoms with Crippen LogP contribution in [0.5, 0.6) is 0 Å². The molecule has 0 unspecified atom stereocenters. The maximum absolute atomic E-state index is 13.1. The molecule has 1 N–H and O–H groups in total. The minimum Gasteiger partial charge on any atom is -0.478 e. The van der Waals surface area contributed by atoms with Gasteiger partial charge in [-0.15, -0.1) is 0 Å². The molecular weight excluding hydrogens is 408 g/mol. The third-order valence-corrected chi connectivity index (χ3v) is 7.59. The first kappa shape index (κ1) is 20.4. The van der Waals surface area contributed by atoms with E-state index in [9.17, 15) is 23.1 Å². The number of nitrogens with zero attached hydrogens (tertiary/aromatic N) is 2. The number of aromatic carboxylic acids is 1. The highest BCUT2D eigenvalue weighted by atomic mass is 32.2. The van der Waals surface area contributed by atoms with Gasteiger partial charge in [0.05, 0.1) is 16.1 Å².